The summed E-state index contributed by atoms with van der Waals surface area (Å²) in [6, 6.07) is 0. The van der Waals surface area contributed by atoms with Gasteiger partial charge in [-0.2, -0.15) is 0 Å². The van der Waals surface area contributed by atoms with Gasteiger partial charge in [-0.1, -0.05) is 25.7 Å². The van der Waals surface area contributed by atoms with Crippen LogP contribution >= 0.6 is 0 Å². The first-order chi connectivity index (χ1) is 26.6. The predicted molar refractivity (Wildman–Crippen MR) is 224 cm³/mol. The molecule has 0 aromatic heterocycles. The van der Waals surface area contributed by atoms with Crippen LogP contribution in [0.15, 0.2) is 23.5 Å². The number of hydrogen-bond donors (Lipinski definition) is 6. The molecule has 2 unspecified atom stereocenters. The van der Waals surface area contributed by atoms with Gasteiger partial charge in [0.2, 0.25) is 11.6 Å². The van der Waals surface area contributed by atoms with Gasteiger partial charge in [0.1, 0.15) is 34.2 Å². The fourth-order valence-electron chi connectivity index (χ4n) is 8.28. The number of phenols is 2. The Morgan fingerprint density at radius 2 is 0.893 bits per heavy atom. The summed E-state index contributed by atoms with van der Waals surface area (Å²) < 4.78 is 13.1. The Hall–Kier alpha value is -4.02. The molecule has 2 aromatic rings. The molecule has 308 valence electrons. The van der Waals surface area contributed by atoms with E-state index in [9.17, 15) is 19.8 Å². The second kappa shape index (κ2) is 18.9. The Morgan fingerprint density at radius 3 is 1.27 bits per heavy atom. The van der Waals surface area contributed by atoms with Crippen molar-refractivity contribution in [3.8, 4) is 23.0 Å². The van der Waals surface area contributed by atoms with E-state index in [2.05, 4.69) is 35.1 Å². The molecule has 2 aliphatic heterocycles. The number of unbranched alkanes of at least 4 members (excludes halogenated alkanes) is 6. The molecule has 2 aromatic carbocycles. The number of aromatic hydroxyl groups is 2. The van der Waals surface area contributed by atoms with E-state index >= 15 is 0 Å². The first-order valence-corrected chi connectivity index (χ1v) is 21.1. The van der Waals surface area contributed by atoms with E-state index in [1.165, 1.54) is 12.2 Å². The van der Waals surface area contributed by atoms with Crippen molar-refractivity contribution >= 4 is 11.6 Å². The third-order valence-corrected chi connectivity index (χ3v) is 12.5. The maximum atomic E-state index is 12.7. The van der Waals surface area contributed by atoms with Crippen LogP contribution in [0.3, 0.4) is 0 Å². The number of allylic oxidation sites excluding steroid dienone is 2. The number of rotatable bonds is 20. The smallest absolute Gasteiger partial charge is 0.203 e. The van der Waals surface area contributed by atoms with Crippen molar-refractivity contribution in [1.82, 2.24) is 21.3 Å². The van der Waals surface area contributed by atoms with Gasteiger partial charge < -0.3 is 41.0 Å². The van der Waals surface area contributed by atoms with Crippen molar-refractivity contribution in [1.29, 1.82) is 0 Å². The van der Waals surface area contributed by atoms with Gasteiger partial charge in [0, 0.05) is 49.5 Å². The second-order valence-corrected chi connectivity index (χ2v) is 17.0. The van der Waals surface area contributed by atoms with Gasteiger partial charge in [0.25, 0.3) is 0 Å². The molecule has 0 fully saturated rings. The topological polar surface area (TPSA) is 141 Å². The maximum Gasteiger partial charge on any atom is 0.203 e. The monoisotopic (exact) mass is 773 g/mol. The van der Waals surface area contributed by atoms with Crippen molar-refractivity contribution in [2.24, 2.45) is 0 Å². The van der Waals surface area contributed by atoms with Gasteiger partial charge in [0.15, 0.2) is 0 Å². The second-order valence-electron chi connectivity index (χ2n) is 17.0. The van der Waals surface area contributed by atoms with Crippen molar-refractivity contribution in [3.63, 3.8) is 0 Å². The number of carbonyl (C=O) groups is 2. The lowest BCUT2D eigenvalue weighted by atomic mass is 9.87. The molecule has 0 radical (unpaired) electrons. The number of carbonyl (C=O) groups excluding carboxylic acids is 2. The largest absolute Gasteiger partial charge is 0.507 e. The molecular weight excluding hydrogens is 705 g/mol. The van der Waals surface area contributed by atoms with E-state index in [0.717, 1.165) is 159 Å². The van der Waals surface area contributed by atoms with E-state index in [4.69, 9.17) is 9.47 Å². The minimum absolute atomic E-state index is 0.154. The van der Waals surface area contributed by atoms with E-state index in [1.54, 1.807) is 0 Å². The first-order valence-electron chi connectivity index (χ1n) is 21.1. The lowest BCUT2D eigenvalue weighted by molar-refractivity contribution is -0.115. The van der Waals surface area contributed by atoms with Gasteiger partial charge in [-0.25, -0.2) is 0 Å². The molecule has 0 amide bonds. The fourth-order valence-corrected chi connectivity index (χ4v) is 8.28. The average Bonchev–Trinajstić information content (AvgIpc) is 3.17. The van der Waals surface area contributed by atoms with Crippen LogP contribution in [0.2, 0.25) is 0 Å². The molecular formula is C46H68N4O6. The van der Waals surface area contributed by atoms with Crippen LogP contribution in [0.25, 0.3) is 0 Å². The van der Waals surface area contributed by atoms with Crippen LogP contribution in [-0.4, -0.2) is 72.3 Å². The molecule has 0 bridgehead atoms. The summed E-state index contributed by atoms with van der Waals surface area (Å²) in [4.78, 5) is 25.4. The summed E-state index contributed by atoms with van der Waals surface area (Å²) in [6.07, 6.45) is 14.7. The summed E-state index contributed by atoms with van der Waals surface area (Å²) in [5.74, 6) is 2.36. The maximum absolute atomic E-state index is 12.7. The highest BCUT2D eigenvalue weighted by molar-refractivity contribution is 6.19. The number of fused-ring (bicyclic) bond motifs is 2. The van der Waals surface area contributed by atoms with Gasteiger partial charge >= 0.3 is 0 Å². The first kappa shape index (κ1) is 43.1. The molecule has 10 heteroatoms. The number of benzene rings is 2. The Kier molecular flexibility index (Phi) is 14.6. The molecule has 56 heavy (non-hydrogen) atoms. The minimum atomic E-state index is -0.275. The lowest BCUT2D eigenvalue weighted by Gasteiger charge is -2.38. The van der Waals surface area contributed by atoms with Crippen LogP contribution in [0.5, 0.6) is 23.0 Å². The Labute approximate surface area is 335 Å². The molecule has 0 saturated heterocycles. The Bertz CT molecular complexity index is 1700. The van der Waals surface area contributed by atoms with Crippen molar-refractivity contribution in [2.75, 3.05) is 39.3 Å². The Morgan fingerprint density at radius 1 is 0.536 bits per heavy atom. The third kappa shape index (κ3) is 10.3. The fraction of sp³-hybridized carbons (Fsp3) is 0.609. The van der Waals surface area contributed by atoms with E-state index in [-0.39, 0.29) is 22.8 Å². The summed E-state index contributed by atoms with van der Waals surface area (Å²) in [5.41, 5.74) is 8.20. The number of phenolic OH excluding ortho intramolecular Hbond substituents is 2. The number of ether oxygens (including phenoxy) is 2. The third-order valence-electron chi connectivity index (χ3n) is 12.5. The predicted octanol–water partition coefficient (Wildman–Crippen LogP) is 7.21. The van der Waals surface area contributed by atoms with Crippen LogP contribution in [0.1, 0.15) is 123 Å². The van der Waals surface area contributed by atoms with Crippen LogP contribution in [0, 0.1) is 41.5 Å². The normalized spacial score (nSPS) is 20.4. The molecule has 0 spiro atoms. The molecule has 3 aliphatic rings. The minimum Gasteiger partial charge on any atom is -0.507 e. The van der Waals surface area contributed by atoms with E-state index in [1.807, 2.05) is 41.5 Å². The molecule has 0 saturated carbocycles. The molecule has 6 N–H and O–H groups in total. The SMILES string of the molecule is Cc1c(C)c2c(c(C)c1O)CCC(C)(CNCCCCCCNC1=CC(=O)C(NCCCCCCNCC3(C)CCc4c(C)c(O)c(C)c(C)c4O3)=CC1=O)O2. The highest BCUT2D eigenvalue weighted by Crippen LogP contribution is 2.44. The van der Waals surface area contributed by atoms with Crippen molar-refractivity contribution in [2.45, 2.75) is 144 Å². The standard InChI is InChI=1S/C46H68N4O6/c1-29-31(3)43-35(33(5)41(29)53)17-19-45(7,55-43)27-47-21-13-9-11-15-23-49-37-25-40(52)38(26-39(37)51)50-24-16-12-10-14-22-48-28-46(8)20-18-36-34(6)42(54)30(2)32(4)44(36)56-46/h25-26,47-50,53-54H,9-24,27-28H2,1-8H3. The van der Waals surface area contributed by atoms with Crippen LogP contribution in [-0.2, 0) is 22.4 Å². The number of hydrogen-bond acceptors (Lipinski definition) is 10. The average molecular weight is 773 g/mol. The molecule has 2 heterocycles. The zero-order valence-electron chi connectivity index (χ0n) is 35.4. The quantitative estimate of drug-likeness (QED) is 0.0604. The number of nitrogens with one attached hydrogen (secondary N) is 4. The lowest BCUT2D eigenvalue weighted by Crippen LogP contribution is -2.46. The zero-order chi connectivity index (χ0) is 40.6. The van der Waals surface area contributed by atoms with Crippen LogP contribution in [0.4, 0.5) is 0 Å². The molecule has 1 aliphatic carbocycles. The van der Waals surface area contributed by atoms with Crippen molar-refractivity contribution < 1.29 is 29.3 Å². The summed E-state index contributed by atoms with van der Waals surface area (Å²) in [5, 5.41) is 34.4. The highest BCUT2D eigenvalue weighted by Gasteiger charge is 2.35. The molecule has 5 rings (SSSR count). The van der Waals surface area contributed by atoms with E-state index < -0.39 is 0 Å². The number of ketones is 2. The summed E-state index contributed by atoms with van der Waals surface area (Å²) in [6.45, 7) is 21.0. The summed E-state index contributed by atoms with van der Waals surface area (Å²) >= 11 is 0. The van der Waals surface area contributed by atoms with E-state index in [0.29, 0.717) is 36.0 Å². The molecule has 2 atom stereocenters. The molecule has 10 nitrogen and oxygen atoms in total. The highest BCUT2D eigenvalue weighted by atomic mass is 16.5. The van der Waals surface area contributed by atoms with Gasteiger partial charge in [-0.3, -0.25) is 9.59 Å². The summed E-state index contributed by atoms with van der Waals surface area (Å²) in [7, 11) is 0. The van der Waals surface area contributed by atoms with Gasteiger partial charge in [0.05, 0.1) is 11.4 Å². The van der Waals surface area contributed by atoms with Crippen molar-refractivity contribution in [3.05, 3.63) is 68.1 Å². The van der Waals surface area contributed by atoms with Gasteiger partial charge in [-0.05, 0) is 153 Å². The van der Waals surface area contributed by atoms with Gasteiger partial charge in [-0.15, -0.1) is 0 Å². The zero-order valence-corrected chi connectivity index (χ0v) is 35.4. The van der Waals surface area contributed by atoms with Crippen LogP contribution < -0.4 is 30.7 Å². The Balaban J connectivity index is 0.875.